The summed E-state index contributed by atoms with van der Waals surface area (Å²) in [5.41, 5.74) is 4.45. The van der Waals surface area contributed by atoms with Gasteiger partial charge >= 0.3 is 13.7 Å². The van der Waals surface area contributed by atoms with Crippen molar-refractivity contribution in [1.29, 1.82) is 5.26 Å². The van der Waals surface area contributed by atoms with Gasteiger partial charge in [0.05, 0.1) is 12.3 Å². The number of benzene rings is 1. The van der Waals surface area contributed by atoms with Gasteiger partial charge < -0.3 is 29.9 Å². The van der Waals surface area contributed by atoms with E-state index in [1.165, 1.54) is 29.9 Å². The number of aliphatic hydroxyl groups is 2. The molecule has 5 N–H and O–H groups in total. The van der Waals surface area contributed by atoms with Crippen LogP contribution in [0.2, 0.25) is 0 Å². The molecule has 5 rings (SSSR count). The molecule has 15 heteroatoms. The molecule has 3 heterocycles. The summed E-state index contributed by atoms with van der Waals surface area (Å²) in [6.07, 6.45) is -0.320. The number of ether oxygens (including phenoxy) is 2. The Kier molecular flexibility index (Phi) is 8.28. The third kappa shape index (κ3) is 5.92. The van der Waals surface area contributed by atoms with Crippen molar-refractivity contribution in [2.24, 2.45) is 5.92 Å². The average Bonchev–Trinajstić information content (AvgIpc) is 3.47. The van der Waals surface area contributed by atoms with Gasteiger partial charge in [0, 0.05) is 0 Å². The van der Waals surface area contributed by atoms with Crippen LogP contribution in [0.3, 0.4) is 0 Å². The highest BCUT2D eigenvalue weighted by atomic mass is 31.2. The molecular weight excluding hydrogens is 555 g/mol. The number of fused-ring (bicyclic) bond motifs is 1. The van der Waals surface area contributed by atoms with Crippen LogP contribution < -0.4 is 15.3 Å². The number of hydrogen-bond donors (Lipinski definition) is 4. The second kappa shape index (κ2) is 11.7. The third-order valence-electron chi connectivity index (χ3n) is 7.25. The van der Waals surface area contributed by atoms with Crippen molar-refractivity contribution in [2.45, 2.75) is 56.1 Å². The molecule has 1 aliphatic carbocycles. The number of para-hydroxylation sites is 1. The largest absolute Gasteiger partial charge is 0.464 e. The molecule has 2 aromatic heterocycles. The lowest BCUT2D eigenvalue weighted by atomic mass is 9.86. The van der Waals surface area contributed by atoms with Gasteiger partial charge in [0.2, 0.25) is 5.60 Å². The number of nitriles is 1. The van der Waals surface area contributed by atoms with Crippen LogP contribution in [0.25, 0.3) is 5.52 Å². The Morgan fingerprint density at radius 3 is 2.76 bits per heavy atom. The van der Waals surface area contributed by atoms with Crippen molar-refractivity contribution in [1.82, 2.24) is 19.7 Å². The minimum Gasteiger partial charge on any atom is -0.464 e. The quantitative estimate of drug-likeness (QED) is 0.187. The zero-order valence-corrected chi connectivity index (χ0v) is 23.1. The van der Waals surface area contributed by atoms with Crippen LogP contribution in [0.5, 0.6) is 5.75 Å². The van der Waals surface area contributed by atoms with Gasteiger partial charge in [0.25, 0.3) is 0 Å². The summed E-state index contributed by atoms with van der Waals surface area (Å²) in [7, 11) is -4.39. The monoisotopic (exact) mass is 586 g/mol. The Hall–Kier alpha value is -3.57. The van der Waals surface area contributed by atoms with E-state index in [4.69, 9.17) is 24.3 Å². The Morgan fingerprint density at radius 1 is 1.32 bits per heavy atom. The first-order valence-electron chi connectivity index (χ1n) is 13.1. The zero-order valence-electron chi connectivity index (χ0n) is 22.2. The van der Waals surface area contributed by atoms with E-state index in [1.54, 1.807) is 30.3 Å². The molecule has 0 spiro atoms. The van der Waals surface area contributed by atoms with Crippen LogP contribution in [0, 0.1) is 17.2 Å². The van der Waals surface area contributed by atoms with E-state index in [-0.39, 0.29) is 18.2 Å². The summed E-state index contributed by atoms with van der Waals surface area (Å²) in [5.74, 6) is -0.000628. The molecule has 3 aromatic rings. The predicted molar refractivity (Wildman–Crippen MR) is 143 cm³/mol. The van der Waals surface area contributed by atoms with Gasteiger partial charge in [0.1, 0.15) is 54.6 Å². The molecule has 2 fully saturated rings. The molecular formula is C26H31N6O8P. The summed E-state index contributed by atoms with van der Waals surface area (Å²) < 4.78 is 37.8. The number of nitrogens with zero attached hydrogens (tertiary/aromatic N) is 4. The summed E-state index contributed by atoms with van der Waals surface area (Å²) in [4.78, 5) is 16.5. The summed E-state index contributed by atoms with van der Waals surface area (Å²) in [6.45, 7) is 0.913. The molecule has 14 nitrogen and oxygen atoms in total. The lowest BCUT2D eigenvalue weighted by Gasteiger charge is -2.29. The van der Waals surface area contributed by atoms with Crippen molar-refractivity contribution < 1.29 is 38.1 Å². The van der Waals surface area contributed by atoms with Gasteiger partial charge in [-0.1, -0.05) is 24.6 Å². The van der Waals surface area contributed by atoms with E-state index >= 15 is 0 Å². The number of carbonyl (C=O) groups excluding carboxylic acids is 1. The van der Waals surface area contributed by atoms with Crippen LogP contribution in [-0.2, 0) is 23.4 Å². The van der Waals surface area contributed by atoms with Crippen LogP contribution in [0.15, 0.2) is 48.8 Å². The lowest BCUT2D eigenvalue weighted by Crippen LogP contribution is -2.46. The number of nitrogens with two attached hydrogens (primary N) is 1. The number of hydrogen-bond acceptors (Lipinski definition) is 12. The minimum atomic E-state index is -4.39. The van der Waals surface area contributed by atoms with Gasteiger partial charge in [-0.15, -0.1) is 0 Å². The molecule has 6 atom stereocenters. The lowest BCUT2D eigenvalue weighted by molar-refractivity contribution is -0.147. The van der Waals surface area contributed by atoms with Crippen LogP contribution in [0.1, 0.15) is 38.0 Å². The van der Waals surface area contributed by atoms with Crippen molar-refractivity contribution in [2.75, 3.05) is 18.9 Å². The van der Waals surface area contributed by atoms with Crippen LogP contribution in [0.4, 0.5) is 5.82 Å². The fraction of sp³-hybridized carbons (Fsp3) is 0.462. The maximum Gasteiger partial charge on any atom is 0.459 e. The smallest absolute Gasteiger partial charge is 0.459 e. The maximum atomic E-state index is 13.9. The number of aromatic nitrogens is 3. The average molecular weight is 587 g/mol. The molecule has 2 unspecified atom stereocenters. The molecule has 41 heavy (non-hydrogen) atoms. The van der Waals surface area contributed by atoms with Gasteiger partial charge in [-0.3, -0.25) is 9.32 Å². The van der Waals surface area contributed by atoms with E-state index in [0.29, 0.717) is 17.1 Å². The number of nitrogens with one attached hydrogen (secondary N) is 1. The SMILES string of the molecule is C[C@H](NP(=O)(OC[C@@]1(C#N)OC(c2ccc3c(N)ncnn23)[C@H](O)[C@@H]1O)Oc1ccccc1)C(=O)OCC1CCC1. The minimum absolute atomic E-state index is 0.159. The fourth-order valence-corrected chi connectivity index (χ4v) is 6.16. The fourth-order valence-electron chi connectivity index (χ4n) is 4.64. The van der Waals surface area contributed by atoms with E-state index in [2.05, 4.69) is 15.2 Å². The second-order valence-corrected chi connectivity index (χ2v) is 11.8. The van der Waals surface area contributed by atoms with Crippen molar-refractivity contribution in [3.8, 4) is 11.8 Å². The second-order valence-electron chi connectivity index (χ2n) is 10.1. The molecule has 1 saturated carbocycles. The number of anilines is 1. The Balaban J connectivity index is 1.35. The zero-order chi connectivity index (χ0) is 29.2. The number of esters is 1. The molecule has 1 aliphatic heterocycles. The summed E-state index contributed by atoms with van der Waals surface area (Å²) >= 11 is 0. The summed E-state index contributed by atoms with van der Waals surface area (Å²) in [6, 6.07) is 12.0. The molecule has 0 amide bonds. The van der Waals surface area contributed by atoms with E-state index in [0.717, 1.165) is 19.3 Å². The third-order valence-corrected chi connectivity index (χ3v) is 8.87. The number of rotatable bonds is 11. The molecule has 2 aliphatic rings. The molecule has 0 bridgehead atoms. The van der Waals surface area contributed by atoms with E-state index in [1.807, 2.05) is 6.07 Å². The van der Waals surface area contributed by atoms with E-state index < -0.39 is 50.3 Å². The number of aliphatic hydroxyl groups excluding tert-OH is 2. The maximum absolute atomic E-state index is 13.9. The predicted octanol–water partition coefficient (Wildman–Crippen LogP) is 1.89. The Bertz CT molecular complexity index is 1480. The molecule has 0 radical (unpaired) electrons. The number of nitrogen functional groups attached to an aromatic ring is 1. The van der Waals surface area contributed by atoms with Crippen molar-refractivity contribution in [3.05, 3.63) is 54.5 Å². The van der Waals surface area contributed by atoms with E-state index in [9.17, 15) is 24.8 Å². The molecule has 1 saturated heterocycles. The van der Waals surface area contributed by atoms with Crippen molar-refractivity contribution in [3.63, 3.8) is 0 Å². The Labute approximate surface area is 235 Å². The van der Waals surface area contributed by atoms with Crippen molar-refractivity contribution >= 4 is 25.1 Å². The van der Waals surface area contributed by atoms with Crippen LogP contribution in [-0.4, -0.2) is 67.8 Å². The highest BCUT2D eigenvalue weighted by Crippen LogP contribution is 2.48. The molecule has 218 valence electrons. The topological polar surface area (TPSA) is 204 Å². The first kappa shape index (κ1) is 28.9. The van der Waals surface area contributed by atoms with Crippen LogP contribution >= 0.6 is 7.75 Å². The first-order chi connectivity index (χ1) is 19.6. The number of carbonyl (C=O) groups is 1. The normalized spacial score (nSPS) is 26.5. The van der Waals surface area contributed by atoms with Gasteiger partial charge in [0.15, 0.2) is 5.82 Å². The Morgan fingerprint density at radius 2 is 2.07 bits per heavy atom. The first-order valence-corrected chi connectivity index (χ1v) is 14.7. The van der Waals surface area contributed by atoms with Gasteiger partial charge in [-0.25, -0.2) is 14.1 Å². The van der Waals surface area contributed by atoms with Gasteiger partial charge in [-0.2, -0.15) is 15.4 Å². The highest BCUT2D eigenvalue weighted by molar-refractivity contribution is 7.52. The standard InChI is InChI=1S/C26H31N6O8P/c1-16(25(35)37-12-17-6-5-7-17)31-41(36,40-18-8-3-2-4-9-18)38-14-26(13-27)23(34)21(33)22(39-26)19-10-11-20-24(28)29-15-30-32(19)20/h2-4,8-11,15-17,21-23,33-34H,5-7,12,14H2,1H3,(H,31,36)(H2,28,29,30)/t16-,21-,22?,23-,26+,41?/m0/s1. The molecule has 1 aromatic carbocycles. The van der Waals surface area contributed by atoms with Gasteiger partial charge in [-0.05, 0) is 49.9 Å². The summed E-state index contributed by atoms with van der Waals surface area (Å²) in [5, 5.41) is 38.6. The highest BCUT2D eigenvalue weighted by Gasteiger charge is 2.57.